The van der Waals surface area contributed by atoms with Crippen LogP contribution in [0.15, 0.2) is 110 Å². The molecule has 2 heterocycles. The van der Waals surface area contributed by atoms with E-state index >= 15 is 0 Å². The highest BCUT2D eigenvalue weighted by molar-refractivity contribution is 9.08. The molecular formula is C26H20BrN3. The molecule has 0 aliphatic heterocycles. The second-order valence-corrected chi connectivity index (χ2v) is 7.76. The number of rotatable bonds is 5. The number of hydrogen-bond donors (Lipinski definition) is 0. The lowest BCUT2D eigenvalue weighted by Crippen LogP contribution is -2.37. The first kappa shape index (κ1) is 18.8. The van der Waals surface area contributed by atoms with Gasteiger partial charge in [0.05, 0.1) is 6.33 Å². The minimum Gasteiger partial charge on any atom is -0.296 e. The van der Waals surface area contributed by atoms with Crippen LogP contribution in [0.1, 0.15) is 22.3 Å². The van der Waals surface area contributed by atoms with Crippen molar-refractivity contribution in [1.29, 1.82) is 0 Å². The maximum absolute atomic E-state index is 4.80. The van der Waals surface area contributed by atoms with Crippen LogP contribution in [0, 0.1) is 0 Å². The Balaban J connectivity index is 1.95. The maximum atomic E-state index is 4.80. The van der Waals surface area contributed by atoms with E-state index < -0.39 is 5.54 Å². The van der Waals surface area contributed by atoms with E-state index in [1.807, 2.05) is 18.6 Å². The molecule has 146 valence electrons. The number of pyridine rings is 1. The zero-order chi connectivity index (χ0) is 20.4. The molecule has 30 heavy (non-hydrogen) atoms. The Labute approximate surface area is 184 Å². The van der Waals surface area contributed by atoms with Crippen molar-refractivity contribution in [3.63, 3.8) is 0 Å². The third-order valence-electron chi connectivity index (χ3n) is 5.60. The Morgan fingerprint density at radius 2 is 1.17 bits per heavy atom. The van der Waals surface area contributed by atoms with Gasteiger partial charge in [0.1, 0.15) is 11.1 Å². The topological polar surface area (TPSA) is 30.7 Å². The lowest BCUT2D eigenvalue weighted by atomic mass is 9.76. The first-order chi connectivity index (χ1) is 14.9. The molecule has 0 unspecified atom stereocenters. The zero-order valence-corrected chi connectivity index (χ0v) is 17.9. The van der Waals surface area contributed by atoms with Crippen molar-refractivity contribution < 1.29 is 0 Å². The monoisotopic (exact) mass is 453 g/mol. The van der Waals surface area contributed by atoms with Gasteiger partial charge < -0.3 is 0 Å². The van der Waals surface area contributed by atoms with Crippen molar-refractivity contribution in [2.45, 2.75) is 10.9 Å². The molecule has 0 aliphatic carbocycles. The molecule has 0 fully saturated rings. The number of alkyl halides is 1. The van der Waals surface area contributed by atoms with Gasteiger partial charge in [-0.2, -0.15) is 0 Å². The normalized spacial score (nSPS) is 11.6. The van der Waals surface area contributed by atoms with Gasteiger partial charge in [-0.15, -0.1) is 0 Å². The summed E-state index contributed by atoms with van der Waals surface area (Å²) in [4.78, 5) is 9.57. The molecule has 0 saturated heterocycles. The molecule has 0 radical (unpaired) electrons. The second-order valence-electron chi connectivity index (χ2n) is 7.20. The van der Waals surface area contributed by atoms with Gasteiger partial charge in [-0.1, -0.05) is 107 Å². The van der Waals surface area contributed by atoms with Crippen LogP contribution in [0.5, 0.6) is 0 Å². The number of fused-ring (bicyclic) bond motifs is 1. The van der Waals surface area contributed by atoms with Crippen LogP contribution >= 0.6 is 15.9 Å². The van der Waals surface area contributed by atoms with Crippen molar-refractivity contribution in [1.82, 2.24) is 14.5 Å². The molecule has 2 aromatic heterocycles. The van der Waals surface area contributed by atoms with Gasteiger partial charge in [0, 0.05) is 11.5 Å². The van der Waals surface area contributed by atoms with Gasteiger partial charge in [-0.05, 0) is 28.3 Å². The number of hydrogen-bond acceptors (Lipinski definition) is 2. The third-order valence-corrected chi connectivity index (χ3v) is 6.20. The van der Waals surface area contributed by atoms with E-state index in [2.05, 4.69) is 111 Å². The van der Waals surface area contributed by atoms with E-state index in [9.17, 15) is 0 Å². The fraction of sp³-hybridized carbons (Fsp3) is 0.0769. The summed E-state index contributed by atoms with van der Waals surface area (Å²) in [5.41, 5.74) is 5.79. The summed E-state index contributed by atoms with van der Waals surface area (Å²) in [6.07, 6.45) is 3.79. The molecule has 0 bridgehead atoms. The molecule has 0 atom stereocenters. The summed E-state index contributed by atoms with van der Waals surface area (Å²) >= 11 is 3.60. The van der Waals surface area contributed by atoms with Crippen LogP contribution in [-0.2, 0) is 10.9 Å². The van der Waals surface area contributed by atoms with E-state index in [0.29, 0.717) is 0 Å². The molecule has 0 aliphatic rings. The highest BCUT2D eigenvalue weighted by Gasteiger charge is 2.39. The highest BCUT2D eigenvalue weighted by atomic mass is 79.9. The quantitative estimate of drug-likeness (QED) is 0.235. The van der Waals surface area contributed by atoms with Crippen LogP contribution in [0.3, 0.4) is 0 Å². The highest BCUT2D eigenvalue weighted by Crippen LogP contribution is 2.42. The summed E-state index contributed by atoms with van der Waals surface area (Å²) in [5.74, 6) is 0. The van der Waals surface area contributed by atoms with Gasteiger partial charge in [0.15, 0.2) is 5.65 Å². The third kappa shape index (κ3) is 2.87. The Kier molecular flexibility index (Phi) is 4.93. The van der Waals surface area contributed by atoms with E-state index in [0.717, 1.165) is 38.7 Å². The van der Waals surface area contributed by atoms with Crippen LogP contribution in [-0.4, -0.2) is 14.5 Å². The van der Waals surface area contributed by atoms with Gasteiger partial charge >= 0.3 is 0 Å². The first-order valence-corrected chi connectivity index (χ1v) is 11.0. The summed E-state index contributed by atoms with van der Waals surface area (Å²) in [7, 11) is 0. The van der Waals surface area contributed by atoms with Gasteiger partial charge in [-0.3, -0.25) is 4.57 Å². The lowest BCUT2D eigenvalue weighted by molar-refractivity contribution is 0.526. The van der Waals surface area contributed by atoms with Crippen LogP contribution in [0.4, 0.5) is 0 Å². The van der Waals surface area contributed by atoms with E-state index in [1.165, 1.54) is 0 Å². The largest absolute Gasteiger partial charge is 0.296 e. The summed E-state index contributed by atoms with van der Waals surface area (Å²) in [5, 5.41) is 0.734. The summed E-state index contributed by atoms with van der Waals surface area (Å²) in [6, 6.07) is 33.8. The number of imidazole rings is 1. The fourth-order valence-corrected chi connectivity index (χ4v) is 4.73. The average molecular weight is 454 g/mol. The minimum absolute atomic E-state index is 0.601. The van der Waals surface area contributed by atoms with E-state index in [4.69, 9.17) is 9.97 Å². The van der Waals surface area contributed by atoms with Crippen molar-refractivity contribution in [3.05, 3.63) is 132 Å². The summed E-state index contributed by atoms with van der Waals surface area (Å²) < 4.78 is 2.22. The number of nitrogens with zero attached hydrogens (tertiary/aromatic N) is 3. The van der Waals surface area contributed by atoms with Gasteiger partial charge in [0.2, 0.25) is 0 Å². The van der Waals surface area contributed by atoms with Crippen molar-refractivity contribution in [2.75, 3.05) is 0 Å². The van der Waals surface area contributed by atoms with Crippen LogP contribution in [0.2, 0.25) is 0 Å². The lowest BCUT2D eigenvalue weighted by Gasteiger charge is -2.37. The maximum Gasteiger partial charge on any atom is 0.161 e. The summed E-state index contributed by atoms with van der Waals surface area (Å²) in [6.45, 7) is 0. The molecule has 0 N–H and O–H groups in total. The van der Waals surface area contributed by atoms with E-state index in [1.54, 1.807) is 0 Å². The van der Waals surface area contributed by atoms with E-state index in [-0.39, 0.29) is 0 Å². The van der Waals surface area contributed by atoms with Crippen molar-refractivity contribution in [2.24, 2.45) is 0 Å². The minimum atomic E-state index is -0.601. The molecule has 5 rings (SSSR count). The standard InChI is InChI=1S/C26H20BrN3/c27-18-20-16-17-28-25-24(20)29-19-30(25)26(21-10-4-1-5-11-21,22-12-6-2-7-13-22)23-14-8-3-9-15-23/h1-17,19H,18H2. The van der Waals surface area contributed by atoms with Crippen molar-refractivity contribution >= 4 is 27.1 Å². The molecule has 4 heteroatoms. The molecule has 0 spiro atoms. The first-order valence-electron chi connectivity index (χ1n) is 9.89. The Morgan fingerprint density at radius 1 is 0.667 bits per heavy atom. The van der Waals surface area contributed by atoms with Gasteiger partial charge in [-0.25, -0.2) is 9.97 Å². The van der Waals surface area contributed by atoms with Gasteiger partial charge in [0.25, 0.3) is 0 Å². The Bertz CT molecular complexity index is 1170. The molecule has 3 aromatic carbocycles. The predicted molar refractivity (Wildman–Crippen MR) is 125 cm³/mol. The SMILES string of the molecule is BrCc1ccnc2c1ncn2C(c1ccccc1)(c1ccccc1)c1ccccc1. The smallest absolute Gasteiger partial charge is 0.161 e. The molecule has 0 amide bonds. The Morgan fingerprint density at radius 3 is 1.63 bits per heavy atom. The number of benzene rings is 3. The number of halogens is 1. The molecule has 3 nitrogen and oxygen atoms in total. The number of aromatic nitrogens is 3. The fourth-order valence-electron chi connectivity index (χ4n) is 4.28. The Hall–Kier alpha value is -3.24. The molecule has 5 aromatic rings. The molecule has 0 saturated carbocycles. The predicted octanol–water partition coefficient (Wildman–Crippen LogP) is 6.17. The van der Waals surface area contributed by atoms with Crippen LogP contribution < -0.4 is 0 Å². The van der Waals surface area contributed by atoms with Crippen LogP contribution in [0.25, 0.3) is 11.2 Å². The molecular weight excluding hydrogens is 434 g/mol. The second kappa shape index (κ2) is 7.88. The average Bonchev–Trinajstić information content (AvgIpc) is 3.26. The van der Waals surface area contributed by atoms with Crippen molar-refractivity contribution in [3.8, 4) is 0 Å². The zero-order valence-electron chi connectivity index (χ0n) is 16.3.